The summed E-state index contributed by atoms with van der Waals surface area (Å²) < 4.78 is 6.46. The minimum atomic E-state index is -0.00959. The fourth-order valence-corrected chi connectivity index (χ4v) is 3.37. The van der Waals surface area contributed by atoms with E-state index in [0.29, 0.717) is 5.92 Å². The van der Waals surface area contributed by atoms with Gasteiger partial charge in [0.2, 0.25) is 0 Å². The van der Waals surface area contributed by atoms with Crippen molar-refractivity contribution in [2.24, 2.45) is 0 Å². The number of aromatic nitrogens is 2. The Balaban J connectivity index is 2.39. The second-order valence-electron chi connectivity index (χ2n) is 6.66. The molecule has 118 valence electrons. The zero-order chi connectivity index (χ0) is 15.5. The standard InChI is InChI=1S/C16H26BrN3O/c1-5-8-18-15-12(17)13(16(2,3)4)19-14(20-15)11-6-9-21-10-7-11/h11H,5-10H2,1-4H3,(H,18,19,20). The van der Waals surface area contributed by atoms with E-state index in [0.717, 1.165) is 60.8 Å². The molecule has 4 nitrogen and oxygen atoms in total. The van der Waals surface area contributed by atoms with Crippen molar-refractivity contribution in [2.75, 3.05) is 25.1 Å². The molecule has 0 saturated carbocycles. The van der Waals surface area contributed by atoms with Crippen molar-refractivity contribution in [2.45, 2.75) is 58.3 Å². The maximum atomic E-state index is 5.46. The van der Waals surface area contributed by atoms with E-state index in [9.17, 15) is 0 Å². The smallest absolute Gasteiger partial charge is 0.144 e. The van der Waals surface area contributed by atoms with E-state index < -0.39 is 0 Å². The molecule has 0 aromatic carbocycles. The van der Waals surface area contributed by atoms with E-state index in [2.05, 4.69) is 48.9 Å². The Morgan fingerprint density at radius 2 is 1.90 bits per heavy atom. The molecule has 1 fully saturated rings. The lowest BCUT2D eigenvalue weighted by Crippen LogP contribution is -2.22. The molecule has 0 unspecified atom stereocenters. The van der Waals surface area contributed by atoms with Crippen LogP contribution >= 0.6 is 15.9 Å². The average molecular weight is 356 g/mol. The van der Waals surface area contributed by atoms with Crippen LogP contribution in [-0.2, 0) is 10.2 Å². The van der Waals surface area contributed by atoms with Crippen LogP contribution in [-0.4, -0.2) is 29.7 Å². The Morgan fingerprint density at radius 1 is 1.24 bits per heavy atom. The van der Waals surface area contributed by atoms with Crippen LogP contribution in [0.5, 0.6) is 0 Å². The van der Waals surface area contributed by atoms with Crippen molar-refractivity contribution in [3.8, 4) is 0 Å². The van der Waals surface area contributed by atoms with Crippen molar-refractivity contribution >= 4 is 21.7 Å². The number of anilines is 1. The normalized spacial score (nSPS) is 17.0. The molecular formula is C16H26BrN3O. The number of rotatable bonds is 4. The molecular weight excluding hydrogens is 330 g/mol. The first-order valence-electron chi connectivity index (χ1n) is 7.83. The molecule has 0 spiro atoms. The molecule has 21 heavy (non-hydrogen) atoms. The highest BCUT2D eigenvalue weighted by Gasteiger charge is 2.26. The van der Waals surface area contributed by atoms with Crippen LogP contribution < -0.4 is 5.32 Å². The van der Waals surface area contributed by atoms with Crippen LogP contribution in [0.4, 0.5) is 5.82 Å². The van der Waals surface area contributed by atoms with Crippen LogP contribution in [0, 0.1) is 0 Å². The van der Waals surface area contributed by atoms with Gasteiger partial charge in [-0.3, -0.25) is 0 Å². The average Bonchev–Trinajstić information content (AvgIpc) is 2.46. The maximum absolute atomic E-state index is 5.46. The van der Waals surface area contributed by atoms with Crippen molar-refractivity contribution in [1.82, 2.24) is 9.97 Å². The molecule has 0 amide bonds. The van der Waals surface area contributed by atoms with Crippen LogP contribution in [0.3, 0.4) is 0 Å². The first-order chi connectivity index (χ1) is 9.93. The number of halogens is 1. The Labute approximate surface area is 136 Å². The zero-order valence-corrected chi connectivity index (χ0v) is 15.1. The molecule has 1 saturated heterocycles. The number of hydrogen-bond donors (Lipinski definition) is 1. The van der Waals surface area contributed by atoms with Gasteiger partial charge in [-0.25, -0.2) is 9.97 Å². The monoisotopic (exact) mass is 355 g/mol. The highest BCUT2D eigenvalue weighted by Crippen LogP contribution is 2.35. The Hall–Kier alpha value is -0.680. The summed E-state index contributed by atoms with van der Waals surface area (Å²) in [4.78, 5) is 9.67. The second-order valence-corrected chi connectivity index (χ2v) is 7.45. The lowest BCUT2D eigenvalue weighted by Gasteiger charge is -2.26. The van der Waals surface area contributed by atoms with Gasteiger partial charge in [0, 0.05) is 31.1 Å². The minimum Gasteiger partial charge on any atom is -0.381 e. The Kier molecular flexibility index (Phi) is 5.60. The van der Waals surface area contributed by atoms with Crippen LogP contribution in [0.25, 0.3) is 0 Å². The summed E-state index contributed by atoms with van der Waals surface area (Å²) >= 11 is 3.69. The van der Waals surface area contributed by atoms with Crippen molar-refractivity contribution < 1.29 is 4.74 Å². The Bertz CT molecular complexity index is 479. The molecule has 0 bridgehead atoms. The Morgan fingerprint density at radius 3 is 2.48 bits per heavy atom. The fraction of sp³-hybridized carbons (Fsp3) is 0.750. The molecule has 1 aromatic heterocycles. The molecule has 1 N–H and O–H groups in total. The molecule has 1 aliphatic rings. The van der Waals surface area contributed by atoms with Crippen molar-refractivity contribution in [1.29, 1.82) is 0 Å². The van der Waals surface area contributed by atoms with Gasteiger partial charge in [0.1, 0.15) is 11.6 Å². The van der Waals surface area contributed by atoms with Gasteiger partial charge < -0.3 is 10.1 Å². The maximum Gasteiger partial charge on any atom is 0.144 e. The number of hydrogen-bond acceptors (Lipinski definition) is 4. The van der Waals surface area contributed by atoms with Crippen LogP contribution in [0.1, 0.15) is 64.4 Å². The summed E-state index contributed by atoms with van der Waals surface area (Å²) in [6, 6.07) is 0. The second kappa shape index (κ2) is 7.05. The topological polar surface area (TPSA) is 47.0 Å². The summed E-state index contributed by atoms with van der Waals surface area (Å²) in [6.45, 7) is 11.3. The number of ether oxygens (including phenoxy) is 1. The third kappa shape index (κ3) is 4.16. The lowest BCUT2D eigenvalue weighted by molar-refractivity contribution is 0.0835. The minimum absolute atomic E-state index is 0.00959. The number of nitrogens with zero attached hydrogens (tertiary/aromatic N) is 2. The van der Waals surface area contributed by atoms with Crippen LogP contribution in [0.2, 0.25) is 0 Å². The van der Waals surface area contributed by atoms with Crippen molar-refractivity contribution in [3.63, 3.8) is 0 Å². The molecule has 2 rings (SSSR count). The van der Waals surface area contributed by atoms with E-state index in [1.165, 1.54) is 0 Å². The SMILES string of the molecule is CCCNc1nc(C2CCOCC2)nc(C(C)(C)C)c1Br. The molecule has 5 heteroatoms. The summed E-state index contributed by atoms with van der Waals surface area (Å²) in [5, 5.41) is 3.43. The first kappa shape index (κ1) is 16.7. The molecule has 1 aliphatic heterocycles. The van der Waals surface area contributed by atoms with Gasteiger partial charge in [0.15, 0.2) is 0 Å². The number of nitrogens with one attached hydrogen (secondary N) is 1. The molecule has 0 atom stereocenters. The summed E-state index contributed by atoms with van der Waals surface area (Å²) in [7, 11) is 0. The van der Waals surface area contributed by atoms with Gasteiger partial charge in [-0.05, 0) is 35.2 Å². The fourth-order valence-electron chi connectivity index (χ4n) is 2.46. The highest BCUT2D eigenvalue weighted by molar-refractivity contribution is 9.10. The van der Waals surface area contributed by atoms with E-state index in [1.54, 1.807) is 0 Å². The van der Waals surface area contributed by atoms with Crippen LogP contribution in [0.15, 0.2) is 4.47 Å². The quantitative estimate of drug-likeness (QED) is 0.876. The van der Waals surface area contributed by atoms with Gasteiger partial charge in [-0.1, -0.05) is 27.7 Å². The largest absolute Gasteiger partial charge is 0.381 e. The van der Waals surface area contributed by atoms with Gasteiger partial charge in [0.25, 0.3) is 0 Å². The predicted molar refractivity (Wildman–Crippen MR) is 90.0 cm³/mol. The molecule has 2 heterocycles. The van der Waals surface area contributed by atoms with E-state index in [4.69, 9.17) is 14.7 Å². The molecule has 0 radical (unpaired) electrons. The van der Waals surface area contributed by atoms with E-state index >= 15 is 0 Å². The molecule has 1 aromatic rings. The lowest BCUT2D eigenvalue weighted by atomic mass is 9.91. The summed E-state index contributed by atoms with van der Waals surface area (Å²) in [5.74, 6) is 2.30. The van der Waals surface area contributed by atoms with Gasteiger partial charge in [0.05, 0.1) is 10.2 Å². The highest BCUT2D eigenvalue weighted by atomic mass is 79.9. The van der Waals surface area contributed by atoms with Gasteiger partial charge >= 0.3 is 0 Å². The van der Waals surface area contributed by atoms with Gasteiger partial charge in [-0.15, -0.1) is 0 Å². The predicted octanol–water partition coefficient (Wildman–Crippen LogP) is 4.25. The first-order valence-corrected chi connectivity index (χ1v) is 8.62. The summed E-state index contributed by atoms with van der Waals surface area (Å²) in [6.07, 6.45) is 3.10. The van der Waals surface area contributed by atoms with Gasteiger partial charge in [-0.2, -0.15) is 0 Å². The third-order valence-corrected chi connectivity index (χ3v) is 4.46. The summed E-state index contributed by atoms with van der Waals surface area (Å²) in [5.41, 5.74) is 1.07. The molecule has 0 aliphatic carbocycles. The van der Waals surface area contributed by atoms with Crippen molar-refractivity contribution in [3.05, 3.63) is 16.0 Å². The third-order valence-electron chi connectivity index (χ3n) is 3.71. The van der Waals surface area contributed by atoms with E-state index in [-0.39, 0.29) is 5.41 Å². The zero-order valence-electron chi connectivity index (χ0n) is 13.5. The van der Waals surface area contributed by atoms with E-state index in [1.807, 2.05) is 0 Å².